The fourth-order valence-corrected chi connectivity index (χ4v) is 1.54. The number of benzene rings is 1. The minimum Gasteiger partial charge on any atom is -0.434 e. The molecule has 0 saturated carbocycles. The van der Waals surface area contributed by atoms with Crippen molar-refractivity contribution in [1.29, 1.82) is 0 Å². The molecule has 1 aromatic carbocycles. The van der Waals surface area contributed by atoms with Crippen molar-refractivity contribution < 1.29 is 24.0 Å². The van der Waals surface area contributed by atoms with Crippen LogP contribution in [0.3, 0.4) is 0 Å². The third kappa shape index (κ3) is 4.54. The SMILES string of the molecule is CC(C)(OC(N)=O)C(=O)NCC(=O)c1ccc([N+](=O)[O-])cc1. The molecule has 9 nitrogen and oxygen atoms in total. The first-order valence-electron chi connectivity index (χ1n) is 6.18. The molecule has 0 unspecified atom stereocenters. The minimum atomic E-state index is -1.51. The highest BCUT2D eigenvalue weighted by Crippen LogP contribution is 2.12. The summed E-state index contributed by atoms with van der Waals surface area (Å²) in [6.07, 6.45) is -1.11. The monoisotopic (exact) mass is 309 g/mol. The second kappa shape index (κ2) is 6.66. The Labute approximate surface area is 125 Å². The molecule has 0 radical (unpaired) electrons. The number of nitro groups is 1. The average molecular weight is 309 g/mol. The number of nitro benzene ring substituents is 1. The van der Waals surface area contributed by atoms with Crippen LogP contribution in [0.4, 0.5) is 10.5 Å². The Bertz CT molecular complexity index is 609. The third-order valence-corrected chi connectivity index (χ3v) is 2.71. The molecule has 0 spiro atoms. The fraction of sp³-hybridized carbons (Fsp3) is 0.308. The summed E-state index contributed by atoms with van der Waals surface area (Å²) >= 11 is 0. The Morgan fingerprint density at radius 1 is 1.27 bits per heavy atom. The topological polar surface area (TPSA) is 142 Å². The van der Waals surface area contributed by atoms with Crippen molar-refractivity contribution in [2.24, 2.45) is 5.73 Å². The quantitative estimate of drug-likeness (QED) is 0.451. The summed E-state index contributed by atoms with van der Waals surface area (Å²) in [5, 5.41) is 12.8. The largest absolute Gasteiger partial charge is 0.434 e. The zero-order valence-corrected chi connectivity index (χ0v) is 12.0. The zero-order chi connectivity index (χ0) is 16.9. The molecule has 118 valence electrons. The molecule has 22 heavy (non-hydrogen) atoms. The Morgan fingerprint density at radius 3 is 2.27 bits per heavy atom. The molecule has 0 heterocycles. The molecule has 9 heteroatoms. The molecule has 0 bridgehead atoms. The van der Waals surface area contributed by atoms with Crippen LogP contribution >= 0.6 is 0 Å². The van der Waals surface area contributed by atoms with E-state index in [1.54, 1.807) is 0 Å². The number of nitrogens with zero attached hydrogens (tertiary/aromatic N) is 1. The van der Waals surface area contributed by atoms with Gasteiger partial charge in [0.15, 0.2) is 11.4 Å². The first kappa shape index (κ1) is 17.1. The number of ketones is 1. The number of non-ortho nitro benzene ring substituents is 1. The maximum atomic E-state index is 11.9. The van der Waals surface area contributed by atoms with Crippen molar-refractivity contribution in [1.82, 2.24) is 5.32 Å². The van der Waals surface area contributed by atoms with Gasteiger partial charge in [0.25, 0.3) is 11.6 Å². The molecule has 1 aromatic rings. The summed E-state index contributed by atoms with van der Waals surface area (Å²) in [7, 11) is 0. The van der Waals surface area contributed by atoms with Crippen LogP contribution in [0.2, 0.25) is 0 Å². The van der Waals surface area contributed by atoms with Crippen LogP contribution in [-0.4, -0.2) is 34.9 Å². The van der Waals surface area contributed by atoms with E-state index in [-0.39, 0.29) is 17.8 Å². The van der Waals surface area contributed by atoms with Gasteiger partial charge in [-0.2, -0.15) is 0 Å². The number of hydrogen-bond donors (Lipinski definition) is 2. The second-order valence-electron chi connectivity index (χ2n) is 4.84. The number of carbonyl (C=O) groups is 3. The van der Waals surface area contributed by atoms with Gasteiger partial charge in [0.2, 0.25) is 0 Å². The number of carbonyl (C=O) groups excluding carboxylic acids is 3. The molecular weight excluding hydrogens is 294 g/mol. The molecular formula is C13H15N3O6. The van der Waals surface area contributed by atoms with Gasteiger partial charge < -0.3 is 15.8 Å². The van der Waals surface area contributed by atoms with Gasteiger partial charge in [-0.25, -0.2) is 4.79 Å². The summed E-state index contributed by atoms with van der Waals surface area (Å²) in [5.41, 5.74) is 3.39. The number of ether oxygens (including phenoxy) is 1. The summed E-state index contributed by atoms with van der Waals surface area (Å²) in [4.78, 5) is 44.2. The molecule has 1 rings (SSSR count). The number of rotatable bonds is 6. The summed E-state index contributed by atoms with van der Waals surface area (Å²) in [5.74, 6) is -1.14. The lowest BCUT2D eigenvalue weighted by atomic mass is 10.1. The third-order valence-electron chi connectivity index (χ3n) is 2.71. The Kier molecular flexibility index (Phi) is 5.17. The van der Waals surface area contributed by atoms with Crippen LogP contribution < -0.4 is 11.1 Å². The molecule has 0 saturated heterocycles. The Balaban J connectivity index is 2.64. The molecule has 3 N–H and O–H groups in total. The van der Waals surface area contributed by atoms with Gasteiger partial charge in [0, 0.05) is 17.7 Å². The maximum Gasteiger partial charge on any atom is 0.405 e. The Hall–Kier alpha value is -2.97. The van der Waals surface area contributed by atoms with Crippen molar-refractivity contribution in [3.05, 3.63) is 39.9 Å². The van der Waals surface area contributed by atoms with Gasteiger partial charge in [-0.3, -0.25) is 19.7 Å². The van der Waals surface area contributed by atoms with Crippen LogP contribution in [0.1, 0.15) is 24.2 Å². The van der Waals surface area contributed by atoms with Crippen LogP contribution in [0.15, 0.2) is 24.3 Å². The fourth-order valence-electron chi connectivity index (χ4n) is 1.54. The number of hydrogen-bond acceptors (Lipinski definition) is 6. The minimum absolute atomic E-state index is 0.142. The lowest BCUT2D eigenvalue weighted by Gasteiger charge is -2.22. The highest BCUT2D eigenvalue weighted by atomic mass is 16.6. The van der Waals surface area contributed by atoms with Gasteiger partial charge in [-0.1, -0.05) is 0 Å². The first-order valence-corrected chi connectivity index (χ1v) is 6.18. The van der Waals surface area contributed by atoms with Crippen LogP contribution in [0, 0.1) is 10.1 Å². The number of Topliss-reactive ketones (excluding diaryl/α,β-unsaturated/α-hetero) is 1. The lowest BCUT2D eigenvalue weighted by molar-refractivity contribution is -0.384. The van der Waals surface area contributed by atoms with E-state index < -0.39 is 28.3 Å². The first-order chi connectivity index (χ1) is 10.1. The highest BCUT2D eigenvalue weighted by Gasteiger charge is 2.31. The molecule has 0 aliphatic heterocycles. The standard InChI is InChI=1S/C13H15N3O6/c1-13(2,22-12(14)19)11(18)15-7-10(17)8-3-5-9(6-4-8)16(20)21/h3-6H,7H2,1-2H3,(H2,14,19)(H,15,18). The Morgan fingerprint density at radius 2 is 1.82 bits per heavy atom. The predicted molar refractivity (Wildman–Crippen MR) is 75.2 cm³/mol. The van der Waals surface area contributed by atoms with Gasteiger partial charge in [0.1, 0.15) is 0 Å². The molecule has 0 atom stereocenters. The van der Waals surface area contributed by atoms with Gasteiger partial charge in [0.05, 0.1) is 11.5 Å². The van der Waals surface area contributed by atoms with Crippen molar-refractivity contribution in [2.75, 3.05) is 6.54 Å². The van der Waals surface area contributed by atoms with E-state index in [9.17, 15) is 24.5 Å². The van der Waals surface area contributed by atoms with Crippen LogP contribution in [0.25, 0.3) is 0 Å². The average Bonchev–Trinajstić information content (AvgIpc) is 2.43. The smallest absolute Gasteiger partial charge is 0.405 e. The molecule has 0 aliphatic rings. The van der Waals surface area contributed by atoms with E-state index in [1.165, 1.54) is 38.1 Å². The van der Waals surface area contributed by atoms with Crippen molar-refractivity contribution in [3.8, 4) is 0 Å². The molecule has 0 fully saturated rings. The van der Waals surface area contributed by atoms with Crippen molar-refractivity contribution in [3.63, 3.8) is 0 Å². The molecule has 0 aromatic heterocycles. The summed E-state index contributed by atoms with van der Waals surface area (Å²) in [6, 6.07) is 4.96. The number of nitrogens with one attached hydrogen (secondary N) is 1. The van der Waals surface area contributed by atoms with Crippen molar-refractivity contribution >= 4 is 23.5 Å². The second-order valence-corrected chi connectivity index (χ2v) is 4.84. The van der Waals surface area contributed by atoms with Crippen LogP contribution in [-0.2, 0) is 9.53 Å². The lowest BCUT2D eigenvalue weighted by Crippen LogP contribution is -2.47. The van der Waals surface area contributed by atoms with E-state index in [0.29, 0.717) is 0 Å². The van der Waals surface area contributed by atoms with Crippen molar-refractivity contribution in [2.45, 2.75) is 19.4 Å². The van der Waals surface area contributed by atoms with E-state index in [4.69, 9.17) is 5.73 Å². The maximum absolute atomic E-state index is 11.9. The molecule has 0 aliphatic carbocycles. The summed E-state index contributed by atoms with van der Waals surface area (Å²) in [6.45, 7) is 2.30. The number of amides is 2. The van der Waals surface area contributed by atoms with E-state index in [0.717, 1.165) is 0 Å². The number of primary amides is 1. The van der Waals surface area contributed by atoms with E-state index in [2.05, 4.69) is 10.1 Å². The number of nitrogens with two attached hydrogens (primary N) is 1. The normalized spacial score (nSPS) is 10.6. The van der Waals surface area contributed by atoms with E-state index in [1.807, 2.05) is 0 Å². The predicted octanol–water partition coefficient (Wildman–Crippen LogP) is 0.768. The molecule has 2 amide bonds. The zero-order valence-electron chi connectivity index (χ0n) is 12.0. The van der Waals surface area contributed by atoms with Gasteiger partial charge >= 0.3 is 6.09 Å². The summed E-state index contributed by atoms with van der Waals surface area (Å²) < 4.78 is 4.62. The van der Waals surface area contributed by atoms with Crippen LogP contribution in [0.5, 0.6) is 0 Å². The highest BCUT2D eigenvalue weighted by molar-refractivity contribution is 6.00. The van der Waals surface area contributed by atoms with Gasteiger partial charge in [-0.05, 0) is 26.0 Å². The van der Waals surface area contributed by atoms with E-state index >= 15 is 0 Å². The van der Waals surface area contributed by atoms with Gasteiger partial charge in [-0.15, -0.1) is 0 Å².